The van der Waals surface area contributed by atoms with Crippen LogP contribution in [0.1, 0.15) is 28.9 Å². The Kier molecular flexibility index (Phi) is 5.97. The van der Waals surface area contributed by atoms with E-state index in [0.29, 0.717) is 23.4 Å². The second kappa shape index (κ2) is 8.85. The van der Waals surface area contributed by atoms with Gasteiger partial charge in [-0.15, -0.1) is 0 Å². The second-order valence-electron chi connectivity index (χ2n) is 7.22. The molecule has 1 fully saturated rings. The van der Waals surface area contributed by atoms with Crippen LogP contribution in [0.25, 0.3) is 0 Å². The number of rotatable bonds is 6. The summed E-state index contributed by atoms with van der Waals surface area (Å²) >= 11 is 0. The predicted molar refractivity (Wildman–Crippen MR) is 106 cm³/mol. The van der Waals surface area contributed by atoms with Crippen molar-refractivity contribution in [3.8, 4) is 11.5 Å². The molecule has 32 heavy (non-hydrogen) atoms. The number of amides is 2. The first-order valence-electron chi connectivity index (χ1n) is 9.80. The Labute approximate surface area is 181 Å². The fourth-order valence-corrected chi connectivity index (χ4v) is 3.62. The first-order valence-corrected chi connectivity index (χ1v) is 9.80. The summed E-state index contributed by atoms with van der Waals surface area (Å²) in [5.41, 5.74) is 0.931. The van der Waals surface area contributed by atoms with Crippen LogP contribution in [-0.4, -0.2) is 65.3 Å². The van der Waals surface area contributed by atoms with Crippen LogP contribution in [0.2, 0.25) is 0 Å². The summed E-state index contributed by atoms with van der Waals surface area (Å²) in [5.74, 6) is -1.23. The van der Waals surface area contributed by atoms with Crippen LogP contribution in [0.5, 0.6) is 11.5 Å². The molecule has 0 N–H and O–H groups in total. The van der Waals surface area contributed by atoms with Gasteiger partial charge in [-0.2, -0.15) is 13.9 Å². The van der Waals surface area contributed by atoms with Crippen molar-refractivity contribution in [2.24, 2.45) is 5.10 Å². The van der Waals surface area contributed by atoms with Crippen molar-refractivity contribution in [3.63, 3.8) is 0 Å². The Morgan fingerprint density at radius 3 is 2.69 bits per heavy atom. The minimum atomic E-state index is -3.09. The summed E-state index contributed by atoms with van der Waals surface area (Å²) in [6.07, 6.45) is 1.88. The van der Waals surface area contributed by atoms with Gasteiger partial charge in [-0.1, -0.05) is 0 Å². The number of ether oxygens (including phenoxy) is 2. The van der Waals surface area contributed by atoms with Gasteiger partial charge in [0.25, 0.3) is 5.91 Å². The van der Waals surface area contributed by atoms with Gasteiger partial charge in [0, 0.05) is 43.8 Å². The summed E-state index contributed by atoms with van der Waals surface area (Å²) in [4.78, 5) is 30.4. The van der Waals surface area contributed by atoms with Crippen LogP contribution < -0.4 is 9.47 Å². The topological polar surface area (TPSA) is 84.3 Å². The van der Waals surface area contributed by atoms with E-state index in [1.54, 1.807) is 6.07 Å². The number of benzene rings is 1. The molecule has 0 aliphatic carbocycles. The minimum absolute atomic E-state index is 0.159. The number of aromatic nitrogens is 1. The van der Waals surface area contributed by atoms with Crippen LogP contribution in [0.15, 0.2) is 41.6 Å². The van der Waals surface area contributed by atoms with Crippen molar-refractivity contribution >= 4 is 17.5 Å². The third kappa shape index (κ3) is 4.23. The zero-order valence-electron chi connectivity index (χ0n) is 17.0. The highest BCUT2D eigenvalue weighted by Crippen LogP contribution is 2.28. The van der Waals surface area contributed by atoms with Gasteiger partial charge in [0.1, 0.15) is 11.6 Å². The zero-order chi connectivity index (χ0) is 22.8. The number of carbonyl (C=O) groups is 2. The molecular formula is C21H19F3N4O4. The summed E-state index contributed by atoms with van der Waals surface area (Å²) in [6.45, 7) is -2.77. The molecule has 0 unspecified atom stereocenters. The minimum Gasteiger partial charge on any atom is -0.496 e. The maximum atomic E-state index is 13.5. The number of pyridine rings is 1. The molecule has 1 aromatic carbocycles. The molecule has 3 heterocycles. The molecule has 0 saturated carbocycles. The first kappa shape index (κ1) is 21.6. The van der Waals surface area contributed by atoms with E-state index < -0.39 is 18.3 Å². The number of alkyl halides is 2. The molecule has 0 atom stereocenters. The lowest BCUT2D eigenvalue weighted by Crippen LogP contribution is -2.61. The Morgan fingerprint density at radius 2 is 1.97 bits per heavy atom. The average Bonchev–Trinajstić information content (AvgIpc) is 2.74. The van der Waals surface area contributed by atoms with Gasteiger partial charge in [0.2, 0.25) is 5.91 Å². The zero-order valence-corrected chi connectivity index (χ0v) is 17.0. The van der Waals surface area contributed by atoms with E-state index in [9.17, 15) is 22.8 Å². The lowest BCUT2D eigenvalue weighted by molar-refractivity contribution is -0.137. The van der Waals surface area contributed by atoms with Crippen LogP contribution in [-0.2, 0) is 4.79 Å². The van der Waals surface area contributed by atoms with Crippen LogP contribution in [0.4, 0.5) is 13.2 Å². The van der Waals surface area contributed by atoms with E-state index in [-0.39, 0.29) is 42.9 Å². The number of hydrogen-bond donors (Lipinski definition) is 0. The van der Waals surface area contributed by atoms with Gasteiger partial charge in [0.15, 0.2) is 11.4 Å². The van der Waals surface area contributed by atoms with Crippen molar-refractivity contribution in [2.45, 2.75) is 25.5 Å². The highest BCUT2D eigenvalue weighted by atomic mass is 19.3. The number of halogens is 3. The molecule has 8 nitrogen and oxygen atoms in total. The molecule has 168 valence electrons. The van der Waals surface area contributed by atoms with E-state index in [1.807, 2.05) is 0 Å². The van der Waals surface area contributed by atoms with Crippen LogP contribution in [0, 0.1) is 5.82 Å². The molecule has 1 aromatic heterocycles. The molecule has 11 heteroatoms. The molecule has 2 aromatic rings. The van der Waals surface area contributed by atoms with Gasteiger partial charge < -0.3 is 14.4 Å². The second-order valence-corrected chi connectivity index (χ2v) is 7.22. The Hall–Kier alpha value is -3.63. The fourth-order valence-electron chi connectivity index (χ4n) is 3.62. The Morgan fingerprint density at radius 1 is 1.19 bits per heavy atom. The van der Waals surface area contributed by atoms with Crippen LogP contribution >= 0.6 is 0 Å². The van der Waals surface area contributed by atoms with Crippen LogP contribution in [0.3, 0.4) is 0 Å². The predicted octanol–water partition coefficient (Wildman–Crippen LogP) is 2.68. The Bertz CT molecular complexity index is 1070. The van der Waals surface area contributed by atoms with E-state index in [4.69, 9.17) is 4.74 Å². The molecule has 0 bridgehead atoms. The highest BCUT2D eigenvalue weighted by Gasteiger charge is 2.40. The summed E-state index contributed by atoms with van der Waals surface area (Å²) in [5, 5.41) is 5.76. The molecule has 0 radical (unpaired) electrons. The average molecular weight is 448 g/mol. The smallest absolute Gasteiger partial charge is 0.387 e. The van der Waals surface area contributed by atoms with E-state index in [0.717, 1.165) is 0 Å². The number of hydrazone groups is 1. The Balaban J connectivity index is 1.49. The third-order valence-electron chi connectivity index (χ3n) is 5.22. The maximum Gasteiger partial charge on any atom is 0.387 e. The summed E-state index contributed by atoms with van der Waals surface area (Å²) < 4.78 is 48.3. The number of nitrogens with zero attached hydrogens (tertiary/aromatic N) is 4. The number of likely N-dealkylation sites (tertiary alicyclic amines) is 1. The van der Waals surface area contributed by atoms with Crippen molar-refractivity contribution in [1.29, 1.82) is 0 Å². The van der Waals surface area contributed by atoms with Gasteiger partial charge in [-0.25, -0.2) is 14.4 Å². The molecule has 2 aliphatic heterocycles. The largest absolute Gasteiger partial charge is 0.496 e. The molecule has 0 spiro atoms. The van der Waals surface area contributed by atoms with E-state index >= 15 is 0 Å². The van der Waals surface area contributed by atoms with Gasteiger partial charge >= 0.3 is 6.61 Å². The van der Waals surface area contributed by atoms with E-state index in [2.05, 4.69) is 14.8 Å². The van der Waals surface area contributed by atoms with Gasteiger partial charge in [0.05, 0.1) is 18.9 Å². The molecule has 4 rings (SSSR count). The van der Waals surface area contributed by atoms with Gasteiger partial charge in [-0.3, -0.25) is 9.59 Å². The SMILES string of the molecule is COc1cc(F)ccc1C1=NN(C2CN(C(=O)c3ncccc3OC(F)F)C2)C(=O)CC1. The summed E-state index contributed by atoms with van der Waals surface area (Å²) in [6, 6.07) is 6.33. The van der Waals surface area contributed by atoms with E-state index in [1.165, 1.54) is 47.5 Å². The first-order chi connectivity index (χ1) is 15.4. The summed E-state index contributed by atoms with van der Waals surface area (Å²) in [7, 11) is 1.42. The van der Waals surface area contributed by atoms with Crippen molar-refractivity contribution in [3.05, 3.63) is 53.6 Å². The number of carbonyl (C=O) groups excluding carboxylic acids is 2. The molecule has 1 saturated heterocycles. The highest BCUT2D eigenvalue weighted by molar-refractivity contribution is 6.06. The quantitative estimate of drug-likeness (QED) is 0.679. The monoisotopic (exact) mass is 448 g/mol. The number of hydrogen-bond acceptors (Lipinski definition) is 6. The standard InChI is InChI=1S/C21H19F3N4O4/c1-31-17-9-12(22)4-5-14(17)15-6-7-18(29)28(26-15)13-10-27(11-13)20(30)19-16(32-21(23)24)3-2-8-25-19/h2-5,8-9,13,21H,6-7,10-11H2,1H3. The van der Waals surface area contributed by atoms with Crippen molar-refractivity contribution in [2.75, 3.05) is 20.2 Å². The fraction of sp³-hybridized carbons (Fsp3) is 0.333. The number of methoxy groups -OCH3 is 1. The van der Waals surface area contributed by atoms with Crippen molar-refractivity contribution in [1.82, 2.24) is 14.9 Å². The van der Waals surface area contributed by atoms with Gasteiger partial charge in [-0.05, 0) is 24.3 Å². The maximum absolute atomic E-state index is 13.5. The third-order valence-corrected chi connectivity index (χ3v) is 5.22. The lowest BCUT2D eigenvalue weighted by atomic mass is 10.0. The normalized spacial score (nSPS) is 16.7. The lowest BCUT2D eigenvalue weighted by Gasteiger charge is -2.44. The molecule has 2 aliphatic rings. The van der Waals surface area contributed by atoms with Crippen molar-refractivity contribution < 1.29 is 32.2 Å². The molecule has 2 amide bonds. The molecular weight excluding hydrogens is 429 g/mol.